The van der Waals surface area contributed by atoms with Gasteiger partial charge in [0.25, 0.3) is 5.91 Å². The lowest BCUT2D eigenvalue weighted by atomic mass is 10.1. The van der Waals surface area contributed by atoms with Gasteiger partial charge in [0.15, 0.2) is 0 Å². The molecule has 0 spiro atoms. The lowest BCUT2D eigenvalue weighted by Gasteiger charge is -2.08. The predicted octanol–water partition coefficient (Wildman–Crippen LogP) is 5.54. The van der Waals surface area contributed by atoms with Crippen LogP contribution in [0.2, 0.25) is 0 Å². The van der Waals surface area contributed by atoms with Gasteiger partial charge >= 0.3 is 0 Å². The first kappa shape index (κ1) is 20.5. The molecule has 0 aliphatic rings. The van der Waals surface area contributed by atoms with Crippen molar-refractivity contribution in [1.29, 1.82) is 0 Å². The van der Waals surface area contributed by atoms with Crippen LogP contribution in [0.15, 0.2) is 97.3 Å². The van der Waals surface area contributed by atoms with Crippen molar-refractivity contribution in [2.24, 2.45) is 0 Å². The lowest BCUT2D eigenvalue weighted by molar-refractivity contribution is 0.102. The molecule has 0 fully saturated rings. The summed E-state index contributed by atoms with van der Waals surface area (Å²) in [5, 5.41) is 2.98. The summed E-state index contributed by atoms with van der Waals surface area (Å²) in [6.45, 7) is 2.42. The summed E-state index contributed by atoms with van der Waals surface area (Å²) in [6, 6.07) is 26.7. The highest BCUT2D eigenvalue weighted by atomic mass is 16.5. The zero-order valence-corrected chi connectivity index (χ0v) is 18.1. The summed E-state index contributed by atoms with van der Waals surface area (Å²) in [4.78, 5) is 21.7. The first-order valence-corrected chi connectivity index (χ1v) is 10.7. The molecule has 6 heteroatoms. The molecule has 6 nitrogen and oxygen atoms in total. The molecule has 0 saturated carbocycles. The molecule has 0 atom stereocenters. The number of benzene rings is 2. The summed E-state index contributed by atoms with van der Waals surface area (Å²) in [5.74, 6) is 0.396. The largest absolute Gasteiger partial charge is 0.473 e. The first-order valence-electron chi connectivity index (χ1n) is 10.7. The van der Waals surface area contributed by atoms with Crippen LogP contribution in [0.5, 0.6) is 5.88 Å². The fourth-order valence-corrected chi connectivity index (χ4v) is 3.65. The Kier molecular flexibility index (Phi) is 5.55. The van der Waals surface area contributed by atoms with E-state index >= 15 is 0 Å². The average molecular weight is 434 g/mol. The molecule has 1 N–H and O–H groups in total. The van der Waals surface area contributed by atoms with Crippen molar-refractivity contribution in [2.45, 2.75) is 13.5 Å². The number of ether oxygens (including phenoxy) is 1. The number of hydrogen-bond donors (Lipinski definition) is 1. The van der Waals surface area contributed by atoms with E-state index in [1.54, 1.807) is 18.3 Å². The number of pyridine rings is 2. The molecule has 33 heavy (non-hydrogen) atoms. The van der Waals surface area contributed by atoms with E-state index in [9.17, 15) is 4.79 Å². The second-order valence-electron chi connectivity index (χ2n) is 7.67. The van der Waals surface area contributed by atoms with E-state index in [1.165, 1.54) is 0 Å². The van der Waals surface area contributed by atoms with Crippen LogP contribution in [0, 0.1) is 6.92 Å². The Morgan fingerprint density at radius 3 is 2.48 bits per heavy atom. The molecule has 1 amide bonds. The maximum Gasteiger partial charge on any atom is 0.255 e. The zero-order chi connectivity index (χ0) is 22.6. The van der Waals surface area contributed by atoms with Crippen molar-refractivity contribution < 1.29 is 9.53 Å². The van der Waals surface area contributed by atoms with Gasteiger partial charge in [-0.1, -0.05) is 48.5 Å². The minimum Gasteiger partial charge on any atom is -0.473 e. The van der Waals surface area contributed by atoms with Gasteiger partial charge in [0.2, 0.25) is 5.88 Å². The molecule has 0 saturated heterocycles. The highest BCUT2D eigenvalue weighted by Crippen LogP contribution is 2.25. The second kappa shape index (κ2) is 8.96. The molecular weight excluding hydrogens is 412 g/mol. The maximum atomic E-state index is 12.8. The molecular formula is C27H22N4O2. The van der Waals surface area contributed by atoms with Gasteiger partial charge in [-0.05, 0) is 42.8 Å². The van der Waals surface area contributed by atoms with Crippen molar-refractivity contribution >= 4 is 17.2 Å². The smallest absolute Gasteiger partial charge is 0.255 e. The Balaban J connectivity index is 1.29. The molecule has 0 radical (unpaired) electrons. The minimum absolute atomic E-state index is 0.174. The van der Waals surface area contributed by atoms with Crippen molar-refractivity contribution in [3.05, 3.63) is 114 Å². The highest BCUT2D eigenvalue weighted by Gasteiger charge is 2.12. The number of carbonyl (C=O) groups is 1. The monoisotopic (exact) mass is 434 g/mol. The van der Waals surface area contributed by atoms with E-state index in [2.05, 4.69) is 10.3 Å². The molecule has 0 bridgehead atoms. The van der Waals surface area contributed by atoms with Crippen LogP contribution in [-0.4, -0.2) is 20.3 Å². The molecule has 0 aliphatic carbocycles. The van der Waals surface area contributed by atoms with Gasteiger partial charge in [-0.25, -0.2) is 9.97 Å². The van der Waals surface area contributed by atoms with Crippen LogP contribution in [0.25, 0.3) is 16.9 Å². The Labute approximate surface area is 191 Å². The normalized spacial score (nSPS) is 10.8. The van der Waals surface area contributed by atoms with Crippen LogP contribution < -0.4 is 10.1 Å². The zero-order valence-electron chi connectivity index (χ0n) is 18.1. The first-order chi connectivity index (χ1) is 16.2. The van der Waals surface area contributed by atoms with Gasteiger partial charge in [0.05, 0.1) is 11.4 Å². The molecule has 3 heterocycles. The van der Waals surface area contributed by atoms with Gasteiger partial charge in [0.1, 0.15) is 12.3 Å². The van der Waals surface area contributed by atoms with Gasteiger partial charge in [0, 0.05) is 35.3 Å². The number of amides is 1. The summed E-state index contributed by atoms with van der Waals surface area (Å²) in [7, 11) is 0. The quantitative estimate of drug-likeness (QED) is 0.381. The Bertz CT molecular complexity index is 1400. The molecule has 0 aliphatic heterocycles. The van der Waals surface area contributed by atoms with Gasteiger partial charge in [-0.2, -0.15) is 0 Å². The summed E-state index contributed by atoms with van der Waals surface area (Å²) >= 11 is 0. The standard InChI is InChI=1S/C27H22N4O2/c1-19-26(21-7-3-2-4-8-21)30-24-15-14-23(17-31(19)24)29-27(32)22-12-10-20(11-13-22)18-33-25-9-5-6-16-28-25/h2-17H,18H2,1H3,(H,29,32). The number of hydrogen-bond acceptors (Lipinski definition) is 4. The topological polar surface area (TPSA) is 68.5 Å². The van der Waals surface area contributed by atoms with Crippen LogP contribution in [0.1, 0.15) is 21.6 Å². The number of nitrogens with one attached hydrogen (secondary N) is 1. The molecule has 5 aromatic rings. The minimum atomic E-state index is -0.174. The van der Waals surface area contributed by atoms with E-state index in [0.29, 0.717) is 23.7 Å². The SMILES string of the molecule is Cc1c(-c2ccccc2)nc2ccc(NC(=O)c3ccc(COc4ccccn4)cc3)cn12. The van der Waals surface area contributed by atoms with E-state index in [4.69, 9.17) is 9.72 Å². The third kappa shape index (κ3) is 4.45. The van der Waals surface area contributed by atoms with Crippen molar-refractivity contribution in [2.75, 3.05) is 5.32 Å². The molecule has 2 aromatic carbocycles. The third-order valence-corrected chi connectivity index (χ3v) is 5.40. The van der Waals surface area contributed by atoms with E-state index in [-0.39, 0.29) is 5.91 Å². The fraction of sp³-hybridized carbons (Fsp3) is 0.0741. The summed E-state index contributed by atoms with van der Waals surface area (Å²) < 4.78 is 7.65. The van der Waals surface area contributed by atoms with Crippen molar-refractivity contribution in [3.63, 3.8) is 0 Å². The number of carbonyl (C=O) groups excluding carboxylic acids is 1. The number of anilines is 1. The number of aromatic nitrogens is 3. The maximum absolute atomic E-state index is 12.8. The van der Waals surface area contributed by atoms with E-state index < -0.39 is 0 Å². The number of aryl methyl sites for hydroxylation is 1. The van der Waals surface area contributed by atoms with E-state index in [1.807, 2.05) is 90.3 Å². The van der Waals surface area contributed by atoms with Gasteiger partial charge in [-0.15, -0.1) is 0 Å². The second-order valence-corrected chi connectivity index (χ2v) is 7.67. The van der Waals surface area contributed by atoms with Crippen LogP contribution in [0.4, 0.5) is 5.69 Å². The fourth-order valence-electron chi connectivity index (χ4n) is 3.65. The van der Waals surface area contributed by atoms with Crippen molar-refractivity contribution in [3.8, 4) is 17.1 Å². The van der Waals surface area contributed by atoms with Gasteiger partial charge in [-0.3, -0.25) is 4.79 Å². The highest BCUT2D eigenvalue weighted by molar-refractivity contribution is 6.04. The summed E-state index contributed by atoms with van der Waals surface area (Å²) in [6.07, 6.45) is 3.59. The third-order valence-electron chi connectivity index (χ3n) is 5.40. The lowest BCUT2D eigenvalue weighted by Crippen LogP contribution is -2.12. The summed E-state index contributed by atoms with van der Waals surface area (Å²) in [5.41, 5.74) is 6.09. The van der Waals surface area contributed by atoms with Crippen LogP contribution >= 0.6 is 0 Å². The number of fused-ring (bicyclic) bond motifs is 1. The molecule has 3 aromatic heterocycles. The molecule has 162 valence electrons. The predicted molar refractivity (Wildman–Crippen MR) is 128 cm³/mol. The van der Waals surface area contributed by atoms with Crippen LogP contribution in [-0.2, 0) is 6.61 Å². The van der Waals surface area contributed by atoms with Crippen molar-refractivity contribution in [1.82, 2.24) is 14.4 Å². The van der Waals surface area contributed by atoms with Crippen LogP contribution in [0.3, 0.4) is 0 Å². The Hall–Kier alpha value is -4.45. The number of rotatable bonds is 6. The average Bonchev–Trinajstić information content (AvgIpc) is 3.20. The number of nitrogens with zero attached hydrogens (tertiary/aromatic N) is 3. The van der Waals surface area contributed by atoms with Gasteiger partial charge < -0.3 is 14.5 Å². The molecule has 0 unspecified atom stereocenters. The number of imidazole rings is 1. The molecule has 5 rings (SSSR count). The Morgan fingerprint density at radius 2 is 1.73 bits per heavy atom. The Morgan fingerprint density at radius 1 is 0.939 bits per heavy atom. The van der Waals surface area contributed by atoms with E-state index in [0.717, 1.165) is 28.2 Å².